The zero-order valence-electron chi connectivity index (χ0n) is 21.5. The number of hydrogen-bond donors (Lipinski definition) is 2. The van der Waals surface area contributed by atoms with E-state index in [0.29, 0.717) is 17.3 Å². The van der Waals surface area contributed by atoms with Crippen molar-refractivity contribution in [3.05, 3.63) is 45.2 Å². The summed E-state index contributed by atoms with van der Waals surface area (Å²) >= 11 is 6.17. The zero-order valence-corrected chi connectivity index (χ0v) is 22.2. The fourth-order valence-electron chi connectivity index (χ4n) is 4.11. The van der Waals surface area contributed by atoms with Crippen LogP contribution in [0.4, 0.5) is 23.0 Å². The van der Waals surface area contributed by atoms with E-state index in [0.717, 1.165) is 18.4 Å². The van der Waals surface area contributed by atoms with Gasteiger partial charge in [-0.2, -0.15) is 0 Å². The molecule has 1 aromatic heterocycles. The maximum absolute atomic E-state index is 11.7. The minimum absolute atomic E-state index is 0.147. The number of halogens is 1. The first kappa shape index (κ1) is 28.8. The van der Waals surface area contributed by atoms with Crippen molar-refractivity contribution in [2.45, 2.75) is 104 Å². The van der Waals surface area contributed by atoms with Gasteiger partial charge in [0.2, 0.25) is 11.6 Å². The molecule has 0 radical (unpaired) electrons. The Hall–Kier alpha value is -2.41. The number of aryl methyl sites for hydroxylation is 1. The van der Waals surface area contributed by atoms with Crippen LogP contribution in [0, 0.1) is 17.0 Å². The van der Waals surface area contributed by atoms with E-state index in [1.54, 1.807) is 6.07 Å². The van der Waals surface area contributed by atoms with Crippen molar-refractivity contribution in [2.75, 3.05) is 17.2 Å². The van der Waals surface area contributed by atoms with Crippen LogP contribution in [0.15, 0.2) is 24.5 Å². The third-order valence-corrected chi connectivity index (χ3v) is 6.67. The number of nitrogens with one attached hydrogen (secondary N) is 2. The van der Waals surface area contributed by atoms with Crippen LogP contribution in [0.1, 0.15) is 102 Å². The predicted molar refractivity (Wildman–Crippen MR) is 147 cm³/mol. The standard InChI is InChI=1S/C27H42ClN5O2/c1-3-4-5-6-7-8-9-10-11-12-13-14-15-16-19-29-26-25(33(34)35)27(31-21-30-26)32-23-18-17-22(2)24(28)20-23/h17-18,20-21H,3-16,19H2,1-2H3,(H2,29,30,31,32). The van der Waals surface area contributed by atoms with Gasteiger partial charge >= 0.3 is 5.69 Å². The lowest BCUT2D eigenvalue weighted by Crippen LogP contribution is -2.09. The molecule has 8 heteroatoms. The summed E-state index contributed by atoms with van der Waals surface area (Å²) in [6.45, 7) is 4.81. The van der Waals surface area contributed by atoms with Crippen LogP contribution in [0.5, 0.6) is 0 Å². The molecule has 0 bridgehead atoms. The third kappa shape index (κ3) is 11.2. The number of aromatic nitrogens is 2. The van der Waals surface area contributed by atoms with E-state index in [1.807, 2.05) is 19.1 Å². The first-order valence-electron chi connectivity index (χ1n) is 13.3. The van der Waals surface area contributed by atoms with Gasteiger partial charge in [0.05, 0.1) is 4.92 Å². The Kier molecular flexibility index (Phi) is 14.1. The van der Waals surface area contributed by atoms with E-state index in [4.69, 9.17) is 11.6 Å². The molecule has 0 aliphatic rings. The molecule has 0 spiro atoms. The van der Waals surface area contributed by atoms with Crippen LogP contribution in [-0.2, 0) is 0 Å². The van der Waals surface area contributed by atoms with Crippen molar-refractivity contribution in [1.29, 1.82) is 0 Å². The second kappa shape index (κ2) is 17.1. The predicted octanol–water partition coefficient (Wildman–Crippen LogP) is 8.98. The van der Waals surface area contributed by atoms with Gasteiger partial charge in [0.25, 0.3) is 0 Å². The smallest absolute Gasteiger partial charge is 0.353 e. The summed E-state index contributed by atoms with van der Waals surface area (Å²) in [7, 11) is 0. The highest BCUT2D eigenvalue weighted by atomic mass is 35.5. The van der Waals surface area contributed by atoms with Gasteiger partial charge in [0.15, 0.2) is 0 Å². The van der Waals surface area contributed by atoms with Crippen molar-refractivity contribution in [3.8, 4) is 0 Å². The Labute approximate surface area is 215 Å². The highest BCUT2D eigenvalue weighted by Crippen LogP contribution is 2.32. The number of nitrogens with zero attached hydrogens (tertiary/aromatic N) is 3. The van der Waals surface area contributed by atoms with Crippen LogP contribution < -0.4 is 10.6 Å². The molecular weight excluding hydrogens is 462 g/mol. The topological polar surface area (TPSA) is 93.0 Å². The first-order valence-corrected chi connectivity index (χ1v) is 13.7. The molecule has 0 unspecified atom stereocenters. The maximum atomic E-state index is 11.7. The summed E-state index contributed by atoms with van der Waals surface area (Å²) < 4.78 is 0. The Balaban J connectivity index is 1.64. The average molecular weight is 504 g/mol. The molecule has 1 heterocycles. The molecule has 0 amide bonds. The summed E-state index contributed by atoms with van der Waals surface area (Å²) in [5.74, 6) is 0.383. The zero-order chi connectivity index (χ0) is 25.3. The van der Waals surface area contributed by atoms with Crippen molar-refractivity contribution in [1.82, 2.24) is 9.97 Å². The second-order valence-corrected chi connectivity index (χ2v) is 9.70. The molecule has 2 N–H and O–H groups in total. The maximum Gasteiger partial charge on any atom is 0.353 e. The van der Waals surface area contributed by atoms with Gasteiger partial charge in [0, 0.05) is 17.3 Å². The molecule has 35 heavy (non-hydrogen) atoms. The molecule has 1 aromatic carbocycles. The Morgan fingerprint density at radius 1 is 0.857 bits per heavy atom. The Morgan fingerprint density at radius 2 is 1.40 bits per heavy atom. The monoisotopic (exact) mass is 503 g/mol. The van der Waals surface area contributed by atoms with Gasteiger partial charge in [0.1, 0.15) is 6.33 Å². The van der Waals surface area contributed by atoms with E-state index in [-0.39, 0.29) is 17.3 Å². The van der Waals surface area contributed by atoms with E-state index in [9.17, 15) is 10.1 Å². The summed E-state index contributed by atoms with van der Waals surface area (Å²) in [6, 6.07) is 5.39. The summed E-state index contributed by atoms with van der Waals surface area (Å²) in [4.78, 5) is 19.5. The van der Waals surface area contributed by atoms with Gasteiger partial charge in [-0.3, -0.25) is 10.1 Å². The van der Waals surface area contributed by atoms with Crippen LogP contribution in [0.2, 0.25) is 5.02 Å². The van der Waals surface area contributed by atoms with Gasteiger partial charge in [-0.15, -0.1) is 0 Å². The quantitative estimate of drug-likeness (QED) is 0.113. The molecule has 2 aromatic rings. The number of benzene rings is 1. The summed E-state index contributed by atoms with van der Waals surface area (Å²) in [5, 5.41) is 18.4. The second-order valence-electron chi connectivity index (χ2n) is 9.29. The van der Waals surface area contributed by atoms with Crippen LogP contribution in [-0.4, -0.2) is 21.4 Å². The Bertz CT molecular complexity index is 894. The lowest BCUT2D eigenvalue weighted by molar-refractivity contribution is -0.383. The molecule has 0 aliphatic carbocycles. The minimum Gasteiger partial charge on any atom is -0.364 e. The summed E-state index contributed by atoms with van der Waals surface area (Å²) in [5.41, 5.74) is 1.42. The van der Waals surface area contributed by atoms with E-state index < -0.39 is 4.92 Å². The largest absolute Gasteiger partial charge is 0.364 e. The van der Waals surface area contributed by atoms with Gasteiger partial charge in [-0.05, 0) is 31.0 Å². The Morgan fingerprint density at radius 3 is 1.94 bits per heavy atom. The summed E-state index contributed by atoms with van der Waals surface area (Å²) in [6.07, 6.45) is 19.5. The first-order chi connectivity index (χ1) is 17.0. The van der Waals surface area contributed by atoms with Crippen LogP contribution in [0.25, 0.3) is 0 Å². The average Bonchev–Trinajstić information content (AvgIpc) is 2.83. The van der Waals surface area contributed by atoms with Gasteiger partial charge in [-0.1, -0.05) is 108 Å². The van der Waals surface area contributed by atoms with Gasteiger partial charge < -0.3 is 10.6 Å². The fourth-order valence-corrected chi connectivity index (χ4v) is 4.29. The number of rotatable bonds is 19. The molecule has 0 saturated heterocycles. The molecule has 0 saturated carbocycles. The number of anilines is 3. The molecule has 0 atom stereocenters. The molecule has 194 valence electrons. The lowest BCUT2D eigenvalue weighted by atomic mass is 10.0. The number of nitro groups is 1. The van der Waals surface area contributed by atoms with Gasteiger partial charge in [-0.25, -0.2) is 9.97 Å². The molecule has 0 aliphatic heterocycles. The van der Waals surface area contributed by atoms with Crippen molar-refractivity contribution in [3.63, 3.8) is 0 Å². The lowest BCUT2D eigenvalue weighted by Gasteiger charge is -2.11. The SMILES string of the molecule is CCCCCCCCCCCCCCCCNc1ncnc(Nc2ccc(C)c(Cl)c2)c1[N+](=O)[O-]. The van der Waals surface area contributed by atoms with Crippen LogP contribution >= 0.6 is 11.6 Å². The van der Waals surface area contributed by atoms with Crippen molar-refractivity contribution < 1.29 is 4.92 Å². The van der Waals surface area contributed by atoms with Crippen molar-refractivity contribution >= 4 is 34.6 Å². The minimum atomic E-state index is -0.453. The third-order valence-electron chi connectivity index (χ3n) is 6.26. The molecular formula is C27H42ClN5O2. The van der Waals surface area contributed by atoms with E-state index in [1.165, 1.54) is 83.4 Å². The molecule has 2 rings (SSSR count). The number of unbranched alkanes of at least 4 members (excludes halogenated alkanes) is 13. The highest BCUT2D eigenvalue weighted by Gasteiger charge is 2.23. The fraction of sp³-hybridized carbons (Fsp3) is 0.630. The molecule has 7 nitrogen and oxygen atoms in total. The normalized spacial score (nSPS) is 10.9. The van der Waals surface area contributed by atoms with E-state index in [2.05, 4.69) is 27.5 Å². The van der Waals surface area contributed by atoms with Crippen LogP contribution in [0.3, 0.4) is 0 Å². The number of hydrogen-bond acceptors (Lipinski definition) is 6. The van der Waals surface area contributed by atoms with E-state index >= 15 is 0 Å². The van der Waals surface area contributed by atoms with Crippen molar-refractivity contribution in [2.24, 2.45) is 0 Å². The molecule has 0 fully saturated rings. The highest BCUT2D eigenvalue weighted by molar-refractivity contribution is 6.31.